The lowest BCUT2D eigenvalue weighted by Crippen LogP contribution is -2.28. The summed E-state index contributed by atoms with van der Waals surface area (Å²) in [5.74, 6) is 0. The van der Waals surface area contributed by atoms with Gasteiger partial charge in [-0.1, -0.05) is 42.5 Å². The second kappa shape index (κ2) is 11.6. The van der Waals surface area contributed by atoms with Crippen molar-refractivity contribution in [3.05, 3.63) is 125 Å². The van der Waals surface area contributed by atoms with E-state index < -0.39 is 30.0 Å². The highest BCUT2D eigenvalue weighted by Gasteiger charge is 2.33. The second-order valence-electron chi connectivity index (χ2n) is 12.4. The Kier molecular flexibility index (Phi) is 8.33. The summed E-state index contributed by atoms with van der Waals surface area (Å²) >= 11 is 0. The summed E-state index contributed by atoms with van der Waals surface area (Å²) in [4.78, 5) is 9.52. The molecule has 0 unspecified atom stereocenters. The van der Waals surface area contributed by atoms with Gasteiger partial charge in [0.2, 0.25) is 0 Å². The first kappa shape index (κ1) is 32.2. The third kappa shape index (κ3) is 6.76. The highest BCUT2D eigenvalue weighted by atomic mass is 32.2. The maximum atomic E-state index is 12.8. The first-order valence-electron chi connectivity index (χ1n) is 14.4. The lowest BCUT2D eigenvalue weighted by atomic mass is 9.92. The quantitative estimate of drug-likeness (QED) is 0.186. The zero-order chi connectivity index (χ0) is 32.8. The van der Waals surface area contributed by atoms with E-state index in [1.165, 1.54) is 12.5 Å². The molecule has 2 heterocycles. The molecule has 7 nitrogen and oxygen atoms in total. The Morgan fingerprint density at radius 3 is 2.09 bits per heavy atom. The molecule has 0 atom stereocenters. The van der Waals surface area contributed by atoms with Crippen molar-refractivity contribution >= 4 is 42.2 Å². The van der Waals surface area contributed by atoms with Gasteiger partial charge in [-0.2, -0.15) is 0 Å². The minimum absolute atomic E-state index is 0.217. The molecule has 5 rings (SSSR count). The topological polar surface area (TPSA) is 114 Å². The molecule has 0 aliphatic heterocycles. The molecule has 2 aromatic heterocycles. The van der Waals surface area contributed by atoms with Gasteiger partial charge in [-0.15, -0.1) is 0 Å². The summed E-state index contributed by atoms with van der Waals surface area (Å²) in [6.45, 7) is 6.81. The second-order valence-corrected chi connectivity index (χ2v) is 16.9. The van der Waals surface area contributed by atoms with Crippen LogP contribution >= 0.6 is 0 Å². The van der Waals surface area contributed by atoms with E-state index in [4.69, 9.17) is 0 Å². The molecule has 45 heavy (non-hydrogen) atoms. The number of aromatic nitrogens is 2. The normalized spacial score (nSPS) is 13.3. The summed E-state index contributed by atoms with van der Waals surface area (Å²) in [5.41, 5.74) is 5.71. The first-order chi connectivity index (χ1) is 20.9. The number of nitrogens with zero attached hydrogens (tertiary/aromatic N) is 2. The molecule has 0 amide bonds. The molecule has 0 radical (unpaired) electrons. The van der Waals surface area contributed by atoms with E-state index in [1.807, 2.05) is 66.7 Å². The number of rotatable bonds is 8. The van der Waals surface area contributed by atoms with Crippen LogP contribution in [0, 0.1) is 0 Å². The average molecular weight is 641 g/mol. The van der Waals surface area contributed by atoms with Gasteiger partial charge < -0.3 is 5.11 Å². The molecular formula is C36H36N2O5S2. The standard InChI is InChI=1S/C36H36N2O5S2/c1-35(2,39)28-14-17-33(38-23-28)31(25-12-15-30(16-13-25)44(5,40)41)20-24-9-7-10-26(19-24)32-22-29(36(3,4)45(6,42)43)21-27-11-8-18-37-34(27)32/h7-23,39H,1-6H3. The van der Waals surface area contributed by atoms with Crippen molar-refractivity contribution in [1.29, 1.82) is 0 Å². The molecule has 0 fully saturated rings. The van der Waals surface area contributed by atoms with Crippen LogP contribution in [0.4, 0.5) is 0 Å². The van der Waals surface area contributed by atoms with Crippen LogP contribution in [0.1, 0.15) is 55.6 Å². The molecule has 3 aromatic carbocycles. The van der Waals surface area contributed by atoms with Crippen LogP contribution < -0.4 is 0 Å². The van der Waals surface area contributed by atoms with E-state index in [0.29, 0.717) is 16.8 Å². The number of aliphatic hydroxyl groups is 1. The minimum atomic E-state index is -3.42. The SMILES string of the molecule is CC(C)(O)c1ccc(C(=Cc2cccc(-c3cc(C(C)(C)S(C)(=O)=O)cc4cccnc34)c2)c2ccc(S(C)(=O)=O)cc2)nc1. The van der Waals surface area contributed by atoms with E-state index in [9.17, 15) is 21.9 Å². The molecular weight excluding hydrogens is 605 g/mol. The van der Waals surface area contributed by atoms with Crippen LogP contribution in [0.25, 0.3) is 33.7 Å². The summed E-state index contributed by atoms with van der Waals surface area (Å²) < 4.78 is 48.6. The Balaban J connectivity index is 1.69. The Morgan fingerprint density at radius 2 is 1.49 bits per heavy atom. The smallest absolute Gasteiger partial charge is 0.175 e. The number of fused-ring (bicyclic) bond motifs is 1. The highest BCUT2D eigenvalue weighted by molar-refractivity contribution is 7.91. The van der Waals surface area contributed by atoms with Crippen LogP contribution in [0.2, 0.25) is 0 Å². The number of hydrogen-bond acceptors (Lipinski definition) is 7. The Hall–Kier alpha value is -4.18. The molecule has 1 N–H and O–H groups in total. The van der Waals surface area contributed by atoms with Crippen molar-refractivity contribution in [3.63, 3.8) is 0 Å². The van der Waals surface area contributed by atoms with Gasteiger partial charge in [-0.3, -0.25) is 9.97 Å². The highest BCUT2D eigenvalue weighted by Crippen LogP contribution is 2.37. The maximum absolute atomic E-state index is 12.8. The fourth-order valence-corrected chi connectivity index (χ4v) is 6.22. The molecule has 232 valence electrons. The number of pyridine rings is 2. The Morgan fingerprint density at radius 1 is 0.778 bits per heavy atom. The van der Waals surface area contributed by atoms with Crippen molar-refractivity contribution in [2.75, 3.05) is 12.5 Å². The molecule has 0 saturated heterocycles. The van der Waals surface area contributed by atoms with Gasteiger partial charge >= 0.3 is 0 Å². The third-order valence-corrected chi connectivity index (χ3v) is 11.4. The van der Waals surface area contributed by atoms with Gasteiger partial charge in [0.1, 0.15) is 0 Å². The van der Waals surface area contributed by atoms with Crippen LogP contribution in [0.5, 0.6) is 0 Å². The molecule has 9 heteroatoms. The summed E-state index contributed by atoms with van der Waals surface area (Å²) in [6.07, 6.45) is 7.75. The zero-order valence-corrected chi connectivity index (χ0v) is 27.7. The predicted octanol–water partition coefficient (Wildman–Crippen LogP) is 6.80. The van der Waals surface area contributed by atoms with Gasteiger partial charge in [-0.05, 0) is 98.5 Å². The molecule has 0 spiro atoms. The van der Waals surface area contributed by atoms with Crippen LogP contribution in [-0.2, 0) is 30.0 Å². The lowest BCUT2D eigenvalue weighted by molar-refractivity contribution is 0.0782. The van der Waals surface area contributed by atoms with Crippen molar-refractivity contribution in [2.24, 2.45) is 0 Å². The van der Waals surface area contributed by atoms with Gasteiger partial charge in [0.05, 0.1) is 26.5 Å². The van der Waals surface area contributed by atoms with Gasteiger partial charge in [-0.25, -0.2) is 16.8 Å². The largest absolute Gasteiger partial charge is 0.386 e. The Labute approximate surface area is 265 Å². The van der Waals surface area contributed by atoms with Crippen molar-refractivity contribution in [3.8, 4) is 11.1 Å². The number of benzene rings is 3. The van der Waals surface area contributed by atoms with E-state index in [0.717, 1.165) is 38.7 Å². The monoisotopic (exact) mass is 640 g/mol. The third-order valence-electron chi connectivity index (χ3n) is 8.18. The molecule has 0 bridgehead atoms. The van der Waals surface area contributed by atoms with Gasteiger partial charge in [0.15, 0.2) is 19.7 Å². The molecule has 0 aliphatic rings. The van der Waals surface area contributed by atoms with Crippen LogP contribution in [0.15, 0.2) is 102 Å². The lowest BCUT2D eigenvalue weighted by Gasteiger charge is -2.24. The molecule has 5 aromatic rings. The summed E-state index contributed by atoms with van der Waals surface area (Å²) in [7, 11) is -6.80. The van der Waals surface area contributed by atoms with E-state index >= 15 is 0 Å². The number of sulfone groups is 2. The Bertz CT molecular complexity index is 2140. The average Bonchev–Trinajstić information content (AvgIpc) is 2.98. The van der Waals surface area contributed by atoms with Crippen molar-refractivity contribution in [1.82, 2.24) is 9.97 Å². The zero-order valence-electron chi connectivity index (χ0n) is 26.1. The fourth-order valence-electron chi connectivity index (χ4n) is 5.04. The van der Waals surface area contributed by atoms with Crippen LogP contribution in [-0.4, -0.2) is 44.4 Å². The summed E-state index contributed by atoms with van der Waals surface area (Å²) in [6, 6.07) is 25.7. The van der Waals surface area contributed by atoms with E-state index in [2.05, 4.69) is 9.97 Å². The fraction of sp³-hybridized carbons (Fsp3) is 0.222. The number of hydrogen-bond donors (Lipinski definition) is 1. The molecule has 0 aliphatic carbocycles. The van der Waals surface area contributed by atoms with Gasteiger partial charge in [0, 0.05) is 47.0 Å². The minimum Gasteiger partial charge on any atom is -0.386 e. The first-order valence-corrected chi connectivity index (χ1v) is 18.1. The predicted molar refractivity (Wildman–Crippen MR) is 181 cm³/mol. The van der Waals surface area contributed by atoms with E-state index in [-0.39, 0.29) is 4.90 Å². The molecule has 0 saturated carbocycles. The van der Waals surface area contributed by atoms with Crippen molar-refractivity contribution < 1.29 is 21.9 Å². The van der Waals surface area contributed by atoms with E-state index in [1.54, 1.807) is 64.4 Å². The van der Waals surface area contributed by atoms with Crippen molar-refractivity contribution in [2.45, 2.75) is 42.9 Å². The maximum Gasteiger partial charge on any atom is 0.175 e. The van der Waals surface area contributed by atoms with Crippen LogP contribution in [0.3, 0.4) is 0 Å². The van der Waals surface area contributed by atoms with Gasteiger partial charge in [0.25, 0.3) is 0 Å². The summed E-state index contributed by atoms with van der Waals surface area (Å²) in [5, 5.41) is 11.3.